The van der Waals surface area contributed by atoms with E-state index in [1.165, 1.54) is 31.2 Å². The number of ether oxygens (including phenoxy) is 1. The summed E-state index contributed by atoms with van der Waals surface area (Å²) in [5.41, 5.74) is -0.973. The van der Waals surface area contributed by atoms with Gasteiger partial charge in [-0.2, -0.15) is 18.3 Å². The molecule has 0 unspecified atom stereocenters. The molecule has 1 amide bonds. The van der Waals surface area contributed by atoms with Crippen LogP contribution in [0.15, 0.2) is 60.8 Å². The zero-order valence-electron chi connectivity index (χ0n) is 15.2. The molecule has 0 bridgehead atoms. The van der Waals surface area contributed by atoms with Crippen LogP contribution in [0.1, 0.15) is 33.3 Å². The number of carbonyl (C=O) groups is 2. The quantitative estimate of drug-likeness (QED) is 0.644. The van der Waals surface area contributed by atoms with E-state index in [2.05, 4.69) is 15.2 Å². The number of hydrogen-bond donors (Lipinski definition) is 1. The molecule has 0 atom stereocenters. The minimum absolute atomic E-state index is 0.0584. The van der Waals surface area contributed by atoms with E-state index >= 15 is 0 Å². The van der Waals surface area contributed by atoms with Crippen molar-refractivity contribution in [3.63, 3.8) is 0 Å². The van der Waals surface area contributed by atoms with Crippen LogP contribution in [-0.2, 0) is 10.9 Å². The van der Waals surface area contributed by atoms with Gasteiger partial charge in [0.15, 0.2) is 5.69 Å². The number of alkyl halides is 3. The number of halogens is 3. The summed E-state index contributed by atoms with van der Waals surface area (Å²) in [7, 11) is 0. The lowest BCUT2D eigenvalue weighted by molar-refractivity contribution is -0.143. The van der Waals surface area contributed by atoms with Crippen molar-refractivity contribution in [2.45, 2.75) is 13.1 Å². The summed E-state index contributed by atoms with van der Waals surface area (Å²) in [4.78, 5) is 24.0. The molecule has 1 N–H and O–H groups in total. The van der Waals surface area contributed by atoms with Crippen LogP contribution in [0.5, 0.6) is 0 Å². The average molecular weight is 403 g/mol. The number of hydrogen-bond acceptors (Lipinski definition) is 4. The minimum Gasteiger partial charge on any atom is -0.462 e. The first-order chi connectivity index (χ1) is 13.8. The van der Waals surface area contributed by atoms with Crippen molar-refractivity contribution in [2.75, 3.05) is 11.9 Å². The van der Waals surface area contributed by atoms with Crippen LogP contribution < -0.4 is 5.32 Å². The molecule has 0 spiro atoms. The Morgan fingerprint density at radius 1 is 1.07 bits per heavy atom. The average Bonchev–Trinajstić information content (AvgIpc) is 3.15. The Morgan fingerprint density at radius 3 is 2.31 bits per heavy atom. The Labute approximate surface area is 163 Å². The van der Waals surface area contributed by atoms with Gasteiger partial charge in [0.1, 0.15) is 5.56 Å². The molecule has 0 saturated carbocycles. The van der Waals surface area contributed by atoms with Crippen molar-refractivity contribution in [3.8, 4) is 5.69 Å². The molecule has 1 aromatic heterocycles. The van der Waals surface area contributed by atoms with Crippen molar-refractivity contribution in [2.24, 2.45) is 0 Å². The normalized spacial score (nSPS) is 11.2. The fraction of sp³-hybridized carbons (Fsp3) is 0.150. The van der Waals surface area contributed by atoms with Gasteiger partial charge in [-0.05, 0) is 43.3 Å². The van der Waals surface area contributed by atoms with E-state index in [1.807, 2.05) is 0 Å². The first-order valence-corrected chi connectivity index (χ1v) is 8.60. The summed E-state index contributed by atoms with van der Waals surface area (Å²) in [6.07, 6.45) is -4.00. The second-order valence-corrected chi connectivity index (χ2v) is 5.90. The molecule has 150 valence electrons. The summed E-state index contributed by atoms with van der Waals surface area (Å²) in [5, 5.41) is 6.36. The molecule has 29 heavy (non-hydrogen) atoms. The van der Waals surface area contributed by atoms with Crippen LogP contribution in [0.25, 0.3) is 5.69 Å². The second-order valence-electron chi connectivity index (χ2n) is 5.90. The summed E-state index contributed by atoms with van der Waals surface area (Å²) in [5.74, 6) is -1.45. The summed E-state index contributed by atoms with van der Waals surface area (Å²) >= 11 is 0. The first-order valence-electron chi connectivity index (χ1n) is 8.60. The van der Waals surface area contributed by atoms with Crippen molar-refractivity contribution in [3.05, 3.63) is 77.6 Å². The van der Waals surface area contributed by atoms with E-state index in [9.17, 15) is 22.8 Å². The third-order valence-corrected chi connectivity index (χ3v) is 3.94. The fourth-order valence-electron chi connectivity index (χ4n) is 2.65. The van der Waals surface area contributed by atoms with Gasteiger partial charge in [0.2, 0.25) is 0 Å². The zero-order valence-corrected chi connectivity index (χ0v) is 15.2. The Morgan fingerprint density at radius 2 is 1.72 bits per heavy atom. The Kier molecular flexibility index (Phi) is 5.67. The van der Waals surface area contributed by atoms with Crippen LogP contribution in [0.2, 0.25) is 0 Å². The first kappa shape index (κ1) is 20.1. The van der Waals surface area contributed by atoms with E-state index in [0.29, 0.717) is 15.9 Å². The number of anilines is 1. The van der Waals surface area contributed by atoms with E-state index in [-0.39, 0.29) is 18.2 Å². The molecule has 1 heterocycles. The monoisotopic (exact) mass is 403 g/mol. The lowest BCUT2D eigenvalue weighted by Crippen LogP contribution is -2.18. The van der Waals surface area contributed by atoms with Crippen molar-refractivity contribution in [1.29, 1.82) is 0 Å². The number of benzene rings is 2. The molecule has 0 radical (unpaired) electrons. The molecule has 9 heteroatoms. The maximum absolute atomic E-state index is 13.5. The van der Waals surface area contributed by atoms with E-state index in [4.69, 9.17) is 0 Å². The summed E-state index contributed by atoms with van der Waals surface area (Å²) in [6.45, 7) is 1.44. The van der Waals surface area contributed by atoms with E-state index in [0.717, 1.165) is 6.20 Å². The third-order valence-electron chi connectivity index (χ3n) is 3.94. The molecule has 2 aromatic carbocycles. The van der Waals surface area contributed by atoms with Crippen LogP contribution in [0.4, 0.5) is 18.9 Å². The minimum atomic E-state index is -4.82. The number of nitrogens with zero attached hydrogens (tertiary/aromatic N) is 2. The summed E-state index contributed by atoms with van der Waals surface area (Å²) < 4.78 is 45.9. The molecule has 3 aromatic rings. The van der Waals surface area contributed by atoms with Crippen molar-refractivity contribution < 1.29 is 27.5 Å². The summed E-state index contributed by atoms with van der Waals surface area (Å²) in [6, 6.07) is 14.1. The molecule has 0 saturated heterocycles. The Hall–Kier alpha value is -3.62. The topological polar surface area (TPSA) is 73.2 Å². The van der Waals surface area contributed by atoms with Crippen molar-refractivity contribution >= 4 is 17.6 Å². The van der Waals surface area contributed by atoms with Gasteiger partial charge in [-0.3, -0.25) is 4.79 Å². The van der Waals surface area contributed by atoms with E-state index in [1.54, 1.807) is 30.3 Å². The maximum atomic E-state index is 13.5. The number of amides is 1. The Bertz CT molecular complexity index is 1010. The number of nitrogens with one attached hydrogen (secondary N) is 1. The highest BCUT2D eigenvalue weighted by Crippen LogP contribution is 2.34. The van der Waals surface area contributed by atoms with Crippen molar-refractivity contribution in [1.82, 2.24) is 9.78 Å². The largest absolute Gasteiger partial charge is 0.462 e. The number of carbonyl (C=O) groups excluding carboxylic acids is 2. The highest BCUT2D eigenvalue weighted by molar-refractivity contribution is 6.04. The van der Waals surface area contributed by atoms with Crippen LogP contribution in [0, 0.1) is 0 Å². The molecule has 6 nitrogen and oxygen atoms in total. The standard InChI is InChI=1S/C20H16F3N3O3/c1-2-29-19(28)16-12-24-26(17(16)20(21,22)23)15-10-8-14(9-11-15)25-18(27)13-6-4-3-5-7-13/h3-12H,2H2,1H3,(H,25,27). The SMILES string of the molecule is CCOC(=O)c1cnn(-c2ccc(NC(=O)c3ccccc3)cc2)c1C(F)(F)F. The van der Waals surface area contributed by atoms with Crippen LogP contribution in [0.3, 0.4) is 0 Å². The van der Waals surface area contributed by atoms with Gasteiger partial charge in [-0.25, -0.2) is 9.48 Å². The third kappa shape index (κ3) is 4.45. The predicted octanol–water partition coefficient (Wildman–Crippen LogP) is 4.32. The van der Waals surface area contributed by atoms with Gasteiger partial charge < -0.3 is 10.1 Å². The van der Waals surface area contributed by atoms with Crippen LogP contribution >= 0.6 is 0 Å². The van der Waals surface area contributed by atoms with Gasteiger partial charge in [0, 0.05) is 11.3 Å². The van der Waals surface area contributed by atoms with Gasteiger partial charge in [-0.1, -0.05) is 18.2 Å². The zero-order chi connectivity index (χ0) is 21.0. The molecule has 0 aliphatic rings. The molecular weight excluding hydrogens is 387 g/mol. The van der Waals surface area contributed by atoms with Gasteiger partial charge in [0.25, 0.3) is 5.91 Å². The smallest absolute Gasteiger partial charge is 0.434 e. The van der Waals surface area contributed by atoms with Gasteiger partial charge in [0.05, 0.1) is 18.5 Å². The van der Waals surface area contributed by atoms with Gasteiger partial charge in [-0.15, -0.1) is 0 Å². The molecule has 0 aliphatic heterocycles. The maximum Gasteiger partial charge on any atom is 0.434 e. The van der Waals surface area contributed by atoms with E-state index < -0.39 is 23.4 Å². The fourth-order valence-corrected chi connectivity index (χ4v) is 2.65. The second kappa shape index (κ2) is 8.17. The Balaban J connectivity index is 1.88. The predicted molar refractivity (Wildman–Crippen MR) is 98.9 cm³/mol. The molecule has 3 rings (SSSR count). The lowest BCUT2D eigenvalue weighted by atomic mass is 10.2. The molecule has 0 fully saturated rings. The number of rotatable bonds is 5. The molecule has 0 aliphatic carbocycles. The highest BCUT2D eigenvalue weighted by atomic mass is 19.4. The highest BCUT2D eigenvalue weighted by Gasteiger charge is 2.41. The lowest BCUT2D eigenvalue weighted by Gasteiger charge is -2.13. The molecular formula is C20H16F3N3O3. The number of esters is 1. The van der Waals surface area contributed by atoms with Gasteiger partial charge >= 0.3 is 12.1 Å². The van der Waals surface area contributed by atoms with Crippen LogP contribution in [-0.4, -0.2) is 28.3 Å². The number of aromatic nitrogens is 2.